The average Bonchev–Trinajstić information content (AvgIpc) is 2.49. The van der Waals surface area contributed by atoms with Crippen molar-refractivity contribution in [1.29, 1.82) is 0 Å². The van der Waals surface area contributed by atoms with Crippen molar-refractivity contribution in [1.82, 2.24) is 0 Å². The van der Waals surface area contributed by atoms with Gasteiger partial charge in [-0.2, -0.15) is 52.7 Å². The number of halogens is 12. The average molecular weight is 356 g/mol. The van der Waals surface area contributed by atoms with Crippen molar-refractivity contribution in [3.63, 3.8) is 0 Å². The lowest BCUT2D eigenvalue weighted by Gasteiger charge is -2.44. The van der Waals surface area contributed by atoms with E-state index in [1.165, 1.54) is 0 Å². The van der Waals surface area contributed by atoms with Crippen molar-refractivity contribution in [3.8, 4) is 0 Å². The standard InChI is InChI=1S/C10H8F12/c1-4-5(7(11,12)13,8(14,15)16)2-3-6(4,9(17,18)19)10(20,21)22/h4H,2-3H2,1H3. The first-order valence-corrected chi connectivity index (χ1v) is 5.63. The summed E-state index contributed by atoms with van der Waals surface area (Å²) in [6, 6.07) is 0. The molecule has 0 aliphatic heterocycles. The smallest absolute Gasteiger partial charge is 0.170 e. The van der Waals surface area contributed by atoms with Gasteiger partial charge in [-0.25, -0.2) is 0 Å². The molecule has 0 bridgehead atoms. The van der Waals surface area contributed by atoms with E-state index < -0.39 is 54.3 Å². The SMILES string of the molecule is CC1C(C(F)(F)F)(C(F)(F)F)CCC1(C(F)(F)F)C(F)(F)F. The van der Waals surface area contributed by atoms with Crippen LogP contribution in [0.15, 0.2) is 0 Å². The van der Waals surface area contributed by atoms with Gasteiger partial charge in [-0.05, 0) is 12.8 Å². The zero-order valence-corrected chi connectivity index (χ0v) is 10.5. The second-order valence-electron chi connectivity index (χ2n) is 5.16. The summed E-state index contributed by atoms with van der Waals surface area (Å²) in [6.45, 7) is -0.297. The highest BCUT2D eigenvalue weighted by molar-refractivity contribution is 5.14. The third-order valence-corrected chi connectivity index (χ3v) is 4.42. The van der Waals surface area contributed by atoms with E-state index in [-0.39, 0.29) is 6.92 Å². The quantitative estimate of drug-likeness (QED) is 0.493. The molecule has 0 aromatic carbocycles. The molecule has 0 aromatic heterocycles. The number of rotatable bonds is 0. The van der Waals surface area contributed by atoms with E-state index in [4.69, 9.17) is 0 Å². The molecule has 0 radical (unpaired) electrons. The van der Waals surface area contributed by atoms with Gasteiger partial charge in [0.25, 0.3) is 0 Å². The highest BCUT2D eigenvalue weighted by Crippen LogP contribution is 2.74. The molecule has 0 aromatic rings. The van der Waals surface area contributed by atoms with E-state index in [1.807, 2.05) is 0 Å². The molecule has 0 N–H and O–H groups in total. The highest BCUT2D eigenvalue weighted by atomic mass is 19.4. The minimum atomic E-state index is -6.30. The summed E-state index contributed by atoms with van der Waals surface area (Å²) in [5.41, 5.74) is -10.1. The molecule has 0 nitrogen and oxygen atoms in total. The lowest BCUT2D eigenvalue weighted by atomic mass is 9.67. The van der Waals surface area contributed by atoms with E-state index in [1.54, 1.807) is 0 Å². The molecule has 0 spiro atoms. The summed E-state index contributed by atoms with van der Waals surface area (Å²) in [7, 11) is 0. The molecule has 1 aliphatic rings. The number of hydrogen-bond acceptors (Lipinski definition) is 0. The molecule has 132 valence electrons. The Morgan fingerprint density at radius 1 is 0.545 bits per heavy atom. The van der Waals surface area contributed by atoms with Crippen LogP contribution in [0.3, 0.4) is 0 Å². The summed E-state index contributed by atoms with van der Waals surface area (Å²) in [5.74, 6) is -3.79. The topological polar surface area (TPSA) is 0 Å². The van der Waals surface area contributed by atoms with Crippen molar-refractivity contribution in [3.05, 3.63) is 0 Å². The zero-order chi connectivity index (χ0) is 18.0. The molecular weight excluding hydrogens is 348 g/mol. The summed E-state index contributed by atoms with van der Waals surface area (Å²) in [5, 5.41) is 0. The second kappa shape index (κ2) is 4.59. The van der Waals surface area contributed by atoms with Crippen LogP contribution in [0.25, 0.3) is 0 Å². The molecule has 0 heterocycles. The Hall–Kier alpha value is -0.840. The van der Waals surface area contributed by atoms with Crippen molar-refractivity contribution >= 4 is 0 Å². The van der Waals surface area contributed by atoms with Crippen LogP contribution in [0.5, 0.6) is 0 Å². The molecule has 1 fully saturated rings. The molecule has 1 aliphatic carbocycles. The Morgan fingerprint density at radius 2 is 0.727 bits per heavy atom. The first-order valence-electron chi connectivity index (χ1n) is 5.63. The van der Waals surface area contributed by atoms with Gasteiger partial charge in [-0.1, -0.05) is 6.92 Å². The van der Waals surface area contributed by atoms with E-state index in [9.17, 15) is 52.7 Å². The normalized spacial score (nSPS) is 23.9. The molecule has 0 amide bonds. The van der Waals surface area contributed by atoms with Gasteiger partial charge in [0.2, 0.25) is 0 Å². The number of alkyl halides is 12. The molecule has 1 saturated carbocycles. The minimum Gasteiger partial charge on any atom is -0.170 e. The fourth-order valence-electron chi connectivity index (χ4n) is 3.12. The van der Waals surface area contributed by atoms with Gasteiger partial charge in [-0.3, -0.25) is 0 Å². The Bertz CT molecular complexity index is 351. The van der Waals surface area contributed by atoms with Crippen LogP contribution in [0.4, 0.5) is 52.7 Å². The van der Waals surface area contributed by atoms with Gasteiger partial charge in [0, 0.05) is 5.92 Å². The van der Waals surface area contributed by atoms with Crippen LogP contribution in [0, 0.1) is 16.7 Å². The largest absolute Gasteiger partial charge is 0.403 e. The lowest BCUT2D eigenvalue weighted by molar-refractivity contribution is -0.392. The van der Waals surface area contributed by atoms with Gasteiger partial charge < -0.3 is 0 Å². The Balaban J connectivity index is 3.68. The molecule has 0 saturated heterocycles. The zero-order valence-electron chi connectivity index (χ0n) is 10.5. The fraction of sp³-hybridized carbons (Fsp3) is 1.00. The van der Waals surface area contributed by atoms with E-state index >= 15 is 0 Å². The predicted octanol–water partition coefficient (Wildman–Crippen LogP) is 5.64. The van der Waals surface area contributed by atoms with E-state index in [0.29, 0.717) is 0 Å². The molecular formula is C10H8F12. The Labute approximate surface area is 115 Å². The summed E-state index contributed by atoms with van der Waals surface area (Å²) in [4.78, 5) is 0. The summed E-state index contributed by atoms with van der Waals surface area (Å²) >= 11 is 0. The van der Waals surface area contributed by atoms with Gasteiger partial charge >= 0.3 is 24.7 Å². The first kappa shape index (κ1) is 19.2. The minimum absolute atomic E-state index is 0.297. The first-order chi connectivity index (χ1) is 9.36. The highest BCUT2D eigenvalue weighted by Gasteiger charge is 2.87. The van der Waals surface area contributed by atoms with Gasteiger partial charge in [0.15, 0.2) is 10.8 Å². The van der Waals surface area contributed by atoms with Crippen LogP contribution >= 0.6 is 0 Å². The van der Waals surface area contributed by atoms with Crippen LogP contribution in [-0.2, 0) is 0 Å². The van der Waals surface area contributed by atoms with E-state index in [0.717, 1.165) is 0 Å². The van der Waals surface area contributed by atoms with Gasteiger partial charge in [0.05, 0.1) is 0 Å². The molecule has 12 heteroatoms. The van der Waals surface area contributed by atoms with Crippen LogP contribution in [0.2, 0.25) is 0 Å². The monoisotopic (exact) mass is 356 g/mol. The van der Waals surface area contributed by atoms with Gasteiger partial charge in [-0.15, -0.1) is 0 Å². The van der Waals surface area contributed by atoms with Crippen LogP contribution < -0.4 is 0 Å². The van der Waals surface area contributed by atoms with Crippen molar-refractivity contribution in [2.45, 2.75) is 44.5 Å². The molecule has 0 unspecified atom stereocenters. The summed E-state index contributed by atoms with van der Waals surface area (Å²) in [6.07, 6.45) is -29.9. The van der Waals surface area contributed by atoms with Crippen molar-refractivity contribution in [2.24, 2.45) is 16.7 Å². The molecule has 22 heavy (non-hydrogen) atoms. The number of hydrogen-bond donors (Lipinski definition) is 0. The van der Waals surface area contributed by atoms with Gasteiger partial charge in [0.1, 0.15) is 0 Å². The maximum absolute atomic E-state index is 12.8. The Morgan fingerprint density at radius 3 is 0.818 bits per heavy atom. The van der Waals surface area contributed by atoms with Crippen LogP contribution in [0.1, 0.15) is 19.8 Å². The maximum Gasteiger partial charge on any atom is 0.403 e. The predicted molar refractivity (Wildman–Crippen MR) is 47.5 cm³/mol. The summed E-state index contributed by atoms with van der Waals surface area (Å²) < 4.78 is 154. The maximum atomic E-state index is 12.8. The molecule has 1 rings (SSSR count). The van der Waals surface area contributed by atoms with Crippen molar-refractivity contribution in [2.75, 3.05) is 0 Å². The third kappa shape index (κ3) is 2.15. The van der Waals surface area contributed by atoms with E-state index in [2.05, 4.69) is 0 Å². The Kier molecular flexibility index (Phi) is 4.01. The molecule has 0 atom stereocenters. The third-order valence-electron chi connectivity index (χ3n) is 4.42. The second-order valence-corrected chi connectivity index (χ2v) is 5.16. The fourth-order valence-corrected chi connectivity index (χ4v) is 3.12. The van der Waals surface area contributed by atoms with Crippen molar-refractivity contribution < 1.29 is 52.7 Å². The van der Waals surface area contributed by atoms with Crippen LogP contribution in [-0.4, -0.2) is 24.7 Å². The lowest BCUT2D eigenvalue weighted by Crippen LogP contribution is -2.59.